The number of aromatic nitrogens is 1. The summed E-state index contributed by atoms with van der Waals surface area (Å²) in [6.45, 7) is 1.37. The third kappa shape index (κ3) is 5.87. The molecule has 0 N–H and O–H groups in total. The maximum Gasteiger partial charge on any atom is 0.269 e. The topological polar surface area (TPSA) is 88.8 Å². The number of methoxy groups -OCH3 is 1. The van der Waals surface area contributed by atoms with Crippen LogP contribution in [0.4, 0.5) is 10.8 Å². The first-order valence-corrected chi connectivity index (χ1v) is 10.5. The average Bonchev–Trinajstić information content (AvgIpc) is 3.17. The lowest BCUT2D eigenvalue weighted by Crippen LogP contribution is -2.32. The zero-order valence-electron chi connectivity index (χ0n) is 17.6. The molecule has 162 valence electrons. The molecule has 0 aliphatic rings. The molecule has 0 bridgehead atoms. The number of nitro benzene ring substituents is 1. The Kier molecular flexibility index (Phi) is 7.32. The second-order valence-corrected chi connectivity index (χ2v) is 8.17. The Morgan fingerprint density at radius 2 is 1.94 bits per heavy atom. The Morgan fingerprint density at radius 1 is 1.19 bits per heavy atom. The van der Waals surface area contributed by atoms with Gasteiger partial charge in [-0.25, -0.2) is 4.98 Å². The van der Waals surface area contributed by atoms with E-state index in [9.17, 15) is 14.9 Å². The van der Waals surface area contributed by atoms with Crippen LogP contribution in [0.3, 0.4) is 0 Å². The summed E-state index contributed by atoms with van der Waals surface area (Å²) >= 11 is 1.45. The van der Waals surface area contributed by atoms with Crippen molar-refractivity contribution in [2.75, 3.05) is 39.2 Å². The summed E-state index contributed by atoms with van der Waals surface area (Å²) in [4.78, 5) is 31.8. The standard InChI is InChI=1S/C22H24N4O4S/c1-24(2)13-4-14-25(22-23-19-15-18(30-3)10-11-20(19)31-22)21(27)12-7-16-5-8-17(9-6-16)26(28)29/h5-12,15H,4,13-14H2,1-3H3. The van der Waals surface area contributed by atoms with Gasteiger partial charge >= 0.3 is 0 Å². The SMILES string of the molecule is COc1ccc2sc(N(CCCN(C)C)C(=O)C=Cc3ccc([N+](=O)[O-])cc3)nc2c1. The van der Waals surface area contributed by atoms with Gasteiger partial charge in [0.2, 0.25) is 0 Å². The fourth-order valence-corrected chi connectivity index (χ4v) is 3.92. The van der Waals surface area contributed by atoms with E-state index < -0.39 is 4.92 Å². The Morgan fingerprint density at radius 3 is 2.58 bits per heavy atom. The number of nitrogens with zero attached hydrogens (tertiary/aromatic N) is 4. The molecule has 0 unspecified atom stereocenters. The van der Waals surface area contributed by atoms with Gasteiger partial charge in [-0.3, -0.25) is 19.8 Å². The molecule has 9 heteroatoms. The van der Waals surface area contributed by atoms with Crippen molar-refractivity contribution in [2.24, 2.45) is 0 Å². The molecule has 3 rings (SSSR count). The number of carbonyl (C=O) groups is 1. The number of carbonyl (C=O) groups excluding carboxylic acids is 1. The summed E-state index contributed by atoms with van der Waals surface area (Å²) in [5.74, 6) is 0.524. The summed E-state index contributed by atoms with van der Waals surface area (Å²) in [6.07, 6.45) is 3.92. The van der Waals surface area contributed by atoms with E-state index in [2.05, 4.69) is 9.88 Å². The van der Waals surface area contributed by atoms with Gasteiger partial charge in [0.1, 0.15) is 5.75 Å². The largest absolute Gasteiger partial charge is 0.497 e. The van der Waals surface area contributed by atoms with Crippen molar-refractivity contribution in [3.05, 3.63) is 64.2 Å². The van der Waals surface area contributed by atoms with Crippen molar-refractivity contribution >= 4 is 44.4 Å². The Bertz CT molecular complexity index is 1090. The summed E-state index contributed by atoms with van der Waals surface area (Å²) in [5.41, 5.74) is 1.50. The number of thiazole rings is 1. The lowest BCUT2D eigenvalue weighted by Gasteiger charge is -2.19. The van der Waals surface area contributed by atoms with Gasteiger partial charge in [-0.05, 0) is 63.0 Å². The van der Waals surface area contributed by atoms with E-state index in [0.717, 1.165) is 23.2 Å². The van der Waals surface area contributed by atoms with Crippen LogP contribution in [0.1, 0.15) is 12.0 Å². The zero-order valence-corrected chi connectivity index (χ0v) is 18.5. The molecular weight excluding hydrogens is 416 g/mol. The number of anilines is 1. The molecule has 3 aromatic rings. The van der Waals surface area contributed by atoms with Gasteiger partial charge in [0, 0.05) is 30.8 Å². The zero-order chi connectivity index (χ0) is 22.4. The van der Waals surface area contributed by atoms with E-state index in [0.29, 0.717) is 23.0 Å². The molecule has 0 saturated heterocycles. The first-order chi connectivity index (χ1) is 14.9. The molecular formula is C22H24N4O4S. The number of rotatable bonds is 9. The van der Waals surface area contributed by atoms with E-state index in [1.807, 2.05) is 32.3 Å². The van der Waals surface area contributed by atoms with E-state index in [1.54, 1.807) is 30.2 Å². The number of nitro groups is 1. The molecule has 1 aromatic heterocycles. The van der Waals surface area contributed by atoms with E-state index in [4.69, 9.17) is 4.74 Å². The Labute approximate surface area is 184 Å². The molecule has 0 atom stereocenters. The van der Waals surface area contributed by atoms with Crippen LogP contribution in [0.15, 0.2) is 48.5 Å². The lowest BCUT2D eigenvalue weighted by atomic mass is 10.2. The first-order valence-electron chi connectivity index (χ1n) is 9.70. The van der Waals surface area contributed by atoms with Gasteiger partial charge in [0.25, 0.3) is 11.6 Å². The highest BCUT2D eigenvalue weighted by Gasteiger charge is 2.18. The monoisotopic (exact) mass is 440 g/mol. The molecule has 1 heterocycles. The van der Waals surface area contributed by atoms with Gasteiger partial charge in [-0.2, -0.15) is 0 Å². The number of hydrogen-bond acceptors (Lipinski definition) is 7. The lowest BCUT2D eigenvalue weighted by molar-refractivity contribution is -0.384. The number of hydrogen-bond donors (Lipinski definition) is 0. The van der Waals surface area contributed by atoms with Crippen LogP contribution in [0, 0.1) is 10.1 Å². The summed E-state index contributed by atoms with van der Waals surface area (Å²) in [7, 11) is 5.59. The highest BCUT2D eigenvalue weighted by Crippen LogP contribution is 2.31. The highest BCUT2D eigenvalue weighted by atomic mass is 32.1. The molecule has 0 fully saturated rings. The van der Waals surface area contributed by atoms with Crippen LogP contribution >= 0.6 is 11.3 Å². The molecule has 2 aromatic carbocycles. The summed E-state index contributed by atoms with van der Waals surface area (Å²) < 4.78 is 6.24. The third-order valence-corrected chi connectivity index (χ3v) is 5.65. The van der Waals surface area contributed by atoms with Crippen LogP contribution in [0.5, 0.6) is 5.75 Å². The number of benzene rings is 2. The van der Waals surface area contributed by atoms with Crippen molar-refractivity contribution in [3.63, 3.8) is 0 Å². The van der Waals surface area contributed by atoms with Gasteiger partial charge < -0.3 is 9.64 Å². The minimum absolute atomic E-state index is 0.0127. The van der Waals surface area contributed by atoms with Crippen molar-refractivity contribution < 1.29 is 14.5 Å². The van der Waals surface area contributed by atoms with Crippen molar-refractivity contribution in [1.82, 2.24) is 9.88 Å². The number of non-ortho nitro benzene ring substituents is 1. The van der Waals surface area contributed by atoms with Gasteiger partial charge in [-0.1, -0.05) is 11.3 Å². The fourth-order valence-electron chi connectivity index (χ4n) is 2.95. The number of ether oxygens (including phenoxy) is 1. The fraction of sp³-hybridized carbons (Fsp3) is 0.273. The van der Waals surface area contributed by atoms with Crippen molar-refractivity contribution in [3.8, 4) is 5.75 Å². The molecule has 0 spiro atoms. The molecule has 1 amide bonds. The van der Waals surface area contributed by atoms with Crippen LogP contribution in [-0.4, -0.2) is 55.0 Å². The third-order valence-electron chi connectivity index (χ3n) is 4.59. The smallest absolute Gasteiger partial charge is 0.269 e. The normalized spacial score (nSPS) is 11.4. The van der Waals surface area contributed by atoms with Crippen molar-refractivity contribution in [2.45, 2.75) is 6.42 Å². The molecule has 8 nitrogen and oxygen atoms in total. The Hall–Kier alpha value is -3.30. The maximum absolute atomic E-state index is 13.0. The van der Waals surface area contributed by atoms with Crippen LogP contribution in [-0.2, 0) is 4.79 Å². The minimum Gasteiger partial charge on any atom is -0.497 e. The quantitative estimate of drug-likeness (QED) is 0.281. The number of amides is 1. The molecule has 0 radical (unpaired) electrons. The Balaban J connectivity index is 1.83. The summed E-state index contributed by atoms with van der Waals surface area (Å²) in [5, 5.41) is 11.4. The molecule has 0 aliphatic carbocycles. The maximum atomic E-state index is 13.0. The summed E-state index contributed by atoms with van der Waals surface area (Å²) in [6, 6.07) is 11.7. The second kappa shape index (κ2) is 10.1. The predicted molar refractivity (Wildman–Crippen MR) is 124 cm³/mol. The second-order valence-electron chi connectivity index (χ2n) is 7.16. The predicted octanol–water partition coefficient (Wildman–Crippen LogP) is 4.21. The molecule has 0 aliphatic heterocycles. The highest BCUT2D eigenvalue weighted by molar-refractivity contribution is 7.22. The van der Waals surface area contributed by atoms with Gasteiger partial charge in [-0.15, -0.1) is 0 Å². The first kappa shape index (κ1) is 22.4. The van der Waals surface area contributed by atoms with E-state index in [1.165, 1.54) is 29.5 Å². The van der Waals surface area contributed by atoms with E-state index >= 15 is 0 Å². The van der Waals surface area contributed by atoms with E-state index in [-0.39, 0.29) is 11.6 Å². The molecule has 31 heavy (non-hydrogen) atoms. The average molecular weight is 441 g/mol. The van der Waals surface area contributed by atoms with Crippen LogP contribution in [0.2, 0.25) is 0 Å². The molecule has 0 saturated carbocycles. The van der Waals surface area contributed by atoms with Crippen LogP contribution in [0.25, 0.3) is 16.3 Å². The number of fused-ring (bicyclic) bond motifs is 1. The van der Waals surface area contributed by atoms with Crippen LogP contribution < -0.4 is 9.64 Å². The van der Waals surface area contributed by atoms with Crippen molar-refractivity contribution in [1.29, 1.82) is 0 Å². The minimum atomic E-state index is -0.451. The van der Waals surface area contributed by atoms with Gasteiger partial charge in [0.05, 0.1) is 22.2 Å². The van der Waals surface area contributed by atoms with Gasteiger partial charge in [0.15, 0.2) is 5.13 Å².